The Kier molecular flexibility index (Phi) is 9.12. The Hall–Kier alpha value is -1.18. The molecule has 0 radical (unpaired) electrons. The third-order valence-corrected chi connectivity index (χ3v) is 6.78. The lowest BCUT2D eigenvalue weighted by Gasteiger charge is -2.57. The summed E-state index contributed by atoms with van der Waals surface area (Å²) in [4.78, 5) is 18.6. The number of thiazole rings is 1. The van der Waals surface area contributed by atoms with E-state index in [1.54, 1.807) is 11.3 Å². The average Bonchev–Trinajstić information content (AvgIpc) is 3.02. The summed E-state index contributed by atoms with van der Waals surface area (Å²) >= 11 is 1.68. The number of carbonyl (C=O) groups is 1. The Morgan fingerprint density at radius 3 is 2.55 bits per heavy atom. The van der Waals surface area contributed by atoms with E-state index in [0.29, 0.717) is 26.0 Å². The molecule has 1 aliphatic carbocycles. The van der Waals surface area contributed by atoms with Crippen molar-refractivity contribution in [3.63, 3.8) is 0 Å². The average molecular weight is 460 g/mol. The summed E-state index contributed by atoms with van der Waals surface area (Å²) in [6.45, 7) is 9.24. The Labute approximate surface area is 189 Å². The van der Waals surface area contributed by atoms with Crippen molar-refractivity contribution in [2.24, 2.45) is 11.1 Å². The van der Waals surface area contributed by atoms with Crippen LogP contribution < -0.4 is 11.1 Å². The number of nitrogens with two attached hydrogens (primary N) is 1. The maximum absolute atomic E-state index is 12.7. The second-order valence-corrected chi connectivity index (χ2v) is 9.01. The Balaban J connectivity index is 0.00000210. The predicted molar refractivity (Wildman–Crippen MR) is 124 cm³/mol. The van der Waals surface area contributed by atoms with Crippen LogP contribution in [-0.2, 0) is 16.0 Å². The molecule has 0 spiro atoms. The number of hydrogen-bond donors (Lipinski definition) is 2. The second kappa shape index (κ2) is 10.2. The SMILES string of the molecule is CCOC1CC(N)(C(=O)NCCc2nc(-c3ccccc3)c(C)s2)C1(C)C.Cl.Cl. The van der Waals surface area contributed by atoms with E-state index in [2.05, 4.69) is 24.4 Å². The smallest absolute Gasteiger partial charge is 0.240 e. The number of nitrogens with one attached hydrogen (secondary N) is 1. The number of amides is 1. The molecule has 0 saturated heterocycles. The molecule has 3 rings (SSSR count). The van der Waals surface area contributed by atoms with Crippen molar-refractivity contribution >= 4 is 42.1 Å². The molecule has 162 valence electrons. The van der Waals surface area contributed by atoms with Crippen LogP contribution in [0.5, 0.6) is 0 Å². The van der Waals surface area contributed by atoms with Crippen LogP contribution in [0.2, 0.25) is 0 Å². The predicted octanol–water partition coefficient (Wildman–Crippen LogP) is 4.15. The molecule has 1 aromatic heterocycles. The first kappa shape index (κ1) is 25.9. The largest absolute Gasteiger partial charge is 0.378 e. The van der Waals surface area contributed by atoms with Crippen LogP contribution >= 0.6 is 36.2 Å². The molecular formula is C21H31Cl2N3O2S. The van der Waals surface area contributed by atoms with Gasteiger partial charge in [-0.15, -0.1) is 36.2 Å². The van der Waals surface area contributed by atoms with E-state index in [0.717, 1.165) is 16.3 Å². The standard InChI is InChI=1S/C21H29N3O2S.2ClH/c1-5-26-16-13-21(22,20(16,3)4)19(25)23-12-11-17-24-18(14(2)27-17)15-9-7-6-8-10-15;;/h6-10,16H,5,11-13,22H2,1-4H3,(H,23,25);2*1H. The van der Waals surface area contributed by atoms with Crippen molar-refractivity contribution < 1.29 is 9.53 Å². The molecule has 0 aliphatic heterocycles. The summed E-state index contributed by atoms with van der Waals surface area (Å²) in [5, 5.41) is 4.03. The summed E-state index contributed by atoms with van der Waals surface area (Å²) in [6.07, 6.45) is 1.30. The third-order valence-electron chi connectivity index (χ3n) is 5.75. The fourth-order valence-corrected chi connectivity index (χ4v) is 4.64. The summed E-state index contributed by atoms with van der Waals surface area (Å²) in [5.41, 5.74) is 7.33. The van der Waals surface area contributed by atoms with Gasteiger partial charge in [0.1, 0.15) is 5.54 Å². The number of hydrogen-bond acceptors (Lipinski definition) is 5. The number of halogens is 2. The van der Waals surface area contributed by atoms with Crippen LogP contribution in [0.4, 0.5) is 0 Å². The van der Waals surface area contributed by atoms with Crippen molar-refractivity contribution in [2.75, 3.05) is 13.2 Å². The Morgan fingerprint density at radius 2 is 1.97 bits per heavy atom. The maximum atomic E-state index is 12.7. The summed E-state index contributed by atoms with van der Waals surface area (Å²) < 4.78 is 5.70. The normalized spacial score (nSPS) is 22.0. The van der Waals surface area contributed by atoms with Gasteiger partial charge >= 0.3 is 0 Å². The maximum Gasteiger partial charge on any atom is 0.240 e. The second-order valence-electron chi connectivity index (χ2n) is 7.73. The minimum absolute atomic E-state index is 0. The van der Waals surface area contributed by atoms with Crippen molar-refractivity contribution in [1.82, 2.24) is 10.3 Å². The van der Waals surface area contributed by atoms with Crippen LogP contribution in [0.1, 0.15) is 37.1 Å². The number of ether oxygens (including phenoxy) is 1. The molecule has 2 atom stereocenters. The fourth-order valence-electron chi connectivity index (χ4n) is 3.68. The first-order valence-corrected chi connectivity index (χ1v) is 10.3. The molecular weight excluding hydrogens is 429 g/mol. The van der Waals surface area contributed by atoms with Gasteiger partial charge in [0.2, 0.25) is 5.91 Å². The fraction of sp³-hybridized carbons (Fsp3) is 0.524. The first-order valence-electron chi connectivity index (χ1n) is 9.50. The zero-order valence-corrected chi connectivity index (χ0v) is 19.8. The first-order chi connectivity index (χ1) is 12.8. The molecule has 1 heterocycles. The van der Waals surface area contributed by atoms with E-state index >= 15 is 0 Å². The third kappa shape index (κ3) is 4.94. The van der Waals surface area contributed by atoms with Crippen LogP contribution in [-0.4, -0.2) is 35.7 Å². The highest BCUT2D eigenvalue weighted by atomic mass is 35.5. The highest BCUT2D eigenvalue weighted by Gasteiger charge is 2.62. The van der Waals surface area contributed by atoms with Crippen molar-refractivity contribution in [3.05, 3.63) is 40.2 Å². The van der Waals surface area contributed by atoms with Gasteiger partial charge in [0, 0.05) is 41.8 Å². The summed E-state index contributed by atoms with van der Waals surface area (Å²) in [5.74, 6) is -0.0972. The van der Waals surface area contributed by atoms with Gasteiger partial charge in [-0.05, 0) is 13.8 Å². The van der Waals surface area contributed by atoms with Crippen molar-refractivity contribution in [2.45, 2.75) is 52.2 Å². The van der Waals surface area contributed by atoms with Gasteiger partial charge in [0.05, 0.1) is 16.8 Å². The van der Waals surface area contributed by atoms with Crippen LogP contribution in [0.3, 0.4) is 0 Å². The highest BCUT2D eigenvalue weighted by Crippen LogP contribution is 2.49. The Bertz CT molecular complexity index is 814. The van der Waals surface area contributed by atoms with E-state index in [1.165, 1.54) is 4.88 Å². The topological polar surface area (TPSA) is 77.2 Å². The number of benzene rings is 1. The molecule has 1 amide bonds. The molecule has 1 saturated carbocycles. The summed E-state index contributed by atoms with van der Waals surface area (Å²) in [7, 11) is 0. The van der Waals surface area contributed by atoms with Gasteiger partial charge in [0.15, 0.2) is 0 Å². The van der Waals surface area contributed by atoms with E-state index in [4.69, 9.17) is 15.5 Å². The zero-order valence-electron chi connectivity index (χ0n) is 17.4. The van der Waals surface area contributed by atoms with E-state index < -0.39 is 5.54 Å². The van der Waals surface area contributed by atoms with Gasteiger partial charge < -0.3 is 15.8 Å². The molecule has 2 unspecified atom stereocenters. The zero-order chi connectivity index (χ0) is 19.7. The quantitative estimate of drug-likeness (QED) is 0.651. The minimum atomic E-state index is -0.874. The number of carbonyl (C=O) groups excluding carboxylic acids is 1. The summed E-state index contributed by atoms with van der Waals surface area (Å²) in [6, 6.07) is 10.2. The van der Waals surface area contributed by atoms with Crippen LogP contribution in [0, 0.1) is 12.3 Å². The van der Waals surface area contributed by atoms with Crippen LogP contribution in [0.15, 0.2) is 30.3 Å². The number of aromatic nitrogens is 1. The van der Waals surface area contributed by atoms with Crippen molar-refractivity contribution in [1.29, 1.82) is 0 Å². The monoisotopic (exact) mass is 459 g/mol. The van der Waals surface area contributed by atoms with Gasteiger partial charge in [-0.2, -0.15) is 0 Å². The van der Waals surface area contributed by atoms with Crippen molar-refractivity contribution in [3.8, 4) is 11.3 Å². The lowest BCUT2D eigenvalue weighted by Crippen LogP contribution is -2.75. The number of nitrogens with zero attached hydrogens (tertiary/aromatic N) is 1. The molecule has 29 heavy (non-hydrogen) atoms. The molecule has 1 aliphatic rings. The van der Waals surface area contributed by atoms with Gasteiger partial charge in [-0.25, -0.2) is 4.98 Å². The van der Waals surface area contributed by atoms with Crippen LogP contribution in [0.25, 0.3) is 11.3 Å². The van der Waals surface area contributed by atoms with E-state index in [9.17, 15) is 4.79 Å². The van der Waals surface area contributed by atoms with E-state index in [-0.39, 0.29) is 42.2 Å². The minimum Gasteiger partial charge on any atom is -0.378 e. The molecule has 0 bridgehead atoms. The molecule has 3 N–H and O–H groups in total. The number of rotatable bonds is 7. The van der Waals surface area contributed by atoms with E-state index in [1.807, 2.05) is 39.0 Å². The molecule has 5 nitrogen and oxygen atoms in total. The Morgan fingerprint density at radius 1 is 1.31 bits per heavy atom. The van der Waals surface area contributed by atoms with Gasteiger partial charge in [-0.3, -0.25) is 4.79 Å². The highest BCUT2D eigenvalue weighted by molar-refractivity contribution is 7.12. The molecule has 1 aromatic carbocycles. The van der Waals surface area contributed by atoms with Gasteiger partial charge in [0.25, 0.3) is 0 Å². The lowest BCUT2D eigenvalue weighted by atomic mass is 9.54. The van der Waals surface area contributed by atoms with Gasteiger partial charge in [-0.1, -0.05) is 44.2 Å². The molecule has 8 heteroatoms. The number of aryl methyl sites for hydroxylation is 1. The molecule has 1 fully saturated rings. The molecule has 2 aromatic rings. The lowest BCUT2D eigenvalue weighted by molar-refractivity contribution is -0.170.